The molecule has 2 aromatic rings. The summed E-state index contributed by atoms with van der Waals surface area (Å²) in [6.07, 6.45) is -6.73. The van der Waals surface area contributed by atoms with Gasteiger partial charge in [-0.1, -0.05) is 12.1 Å². The number of rotatable bonds is 10. The average molecular weight is 537 g/mol. The normalized spacial score (nSPS) is 31.2. The molecule has 2 aliphatic rings. The molecule has 0 amide bonds. The van der Waals surface area contributed by atoms with Crippen LogP contribution in [-0.4, -0.2) is 97.1 Å². The number of hydrogen-bond acceptors (Lipinski definition) is 11. The zero-order valence-electron chi connectivity index (χ0n) is 21.6. The lowest BCUT2D eigenvalue weighted by Crippen LogP contribution is -2.60. The highest BCUT2D eigenvalue weighted by atomic mass is 16.7. The third kappa shape index (κ3) is 5.99. The van der Waals surface area contributed by atoms with E-state index in [9.17, 15) is 25.5 Å². The lowest BCUT2D eigenvalue weighted by Gasteiger charge is -2.39. The van der Waals surface area contributed by atoms with Gasteiger partial charge in [-0.15, -0.1) is 0 Å². The van der Waals surface area contributed by atoms with Crippen LogP contribution in [0.25, 0.3) is 0 Å². The second-order valence-corrected chi connectivity index (χ2v) is 9.55. The molecule has 8 unspecified atom stereocenters. The minimum absolute atomic E-state index is 0.0548. The molecule has 2 fully saturated rings. The molecule has 0 spiro atoms. The van der Waals surface area contributed by atoms with Crippen molar-refractivity contribution in [1.82, 2.24) is 0 Å². The van der Waals surface area contributed by atoms with E-state index >= 15 is 0 Å². The molecule has 0 bridgehead atoms. The van der Waals surface area contributed by atoms with E-state index in [4.69, 9.17) is 28.4 Å². The van der Waals surface area contributed by atoms with Gasteiger partial charge < -0.3 is 54.0 Å². The average Bonchev–Trinajstić information content (AvgIpc) is 3.27. The fourth-order valence-corrected chi connectivity index (χ4v) is 4.99. The van der Waals surface area contributed by atoms with Crippen molar-refractivity contribution in [2.24, 2.45) is 11.8 Å². The summed E-state index contributed by atoms with van der Waals surface area (Å²) >= 11 is 0. The van der Waals surface area contributed by atoms with Gasteiger partial charge in [0.05, 0.1) is 34.5 Å². The van der Waals surface area contributed by atoms with Gasteiger partial charge in [-0.2, -0.15) is 0 Å². The Morgan fingerprint density at radius 1 is 0.763 bits per heavy atom. The molecule has 5 N–H and O–H groups in total. The molecule has 210 valence electrons. The van der Waals surface area contributed by atoms with Crippen molar-refractivity contribution in [3.8, 4) is 23.0 Å². The van der Waals surface area contributed by atoms with Gasteiger partial charge in [0.2, 0.25) is 6.29 Å². The van der Waals surface area contributed by atoms with E-state index in [-0.39, 0.29) is 17.6 Å². The highest BCUT2D eigenvalue weighted by Crippen LogP contribution is 2.37. The van der Waals surface area contributed by atoms with Crippen LogP contribution in [0, 0.1) is 11.8 Å². The molecule has 8 atom stereocenters. The second kappa shape index (κ2) is 12.5. The van der Waals surface area contributed by atoms with Crippen molar-refractivity contribution in [2.75, 3.05) is 34.5 Å². The Hall–Kier alpha value is -2.64. The Morgan fingerprint density at radius 2 is 1.37 bits per heavy atom. The van der Waals surface area contributed by atoms with E-state index in [1.54, 1.807) is 32.4 Å². The monoisotopic (exact) mass is 536 g/mol. The summed E-state index contributed by atoms with van der Waals surface area (Å²) in [7, 11) is 4.64. The molecule has 0 saturated carbocycles. The molecule has 38 heavy (non-hydrogen) atoms. The van der Waals surface area contributed by atoms with Crippen molar-refractivity contribution < 1.29 is 54.0 Å². The highest BCUT2D eigenvalue weighted by Gasteiger charge is 2.45. The third-order valence-corrected chi connectivity index (χ3v) is 7.19. The standard InChI is InChI=1S/C27H36O11/c1-33-18-6-4-14(10-20(18)34-2)8-16-13-36-26(32)17(16)9-15-5-7-19(21(11-15)35-3)37-27-25(31)24(30)23(29)22(12-28)38-27/h4-7,10-11,16-17,22-32H,8-9,12-13H2,1-3H3. The molecule has 2 aliphatic heterocycles. The lowest BCUT2D eigenvalue weighted by atomic mass is 9.84. The van der Waals surface area contributed by atoms with E-state index in [2.05, 4.69) is 0 Å². The summed E-state index contributed by atoms with van der Waals surface area (Å²) in [4.78, 5) is 0. The van der Waals surface area contributed by atoms with Gasteiger partial charge >= 0.3 is 0 Å². The highest BCUT2D eigenvalue weighted by molar-refractivity contribution is 5.44. The minimum Gasteiger partial charge on any atom is -0.493 e. The van der Waals surface area contributed by atoms with Gasteiger partial charge in [-0.05, 0) is 54.2 Å². The first-order valence-corrected chi connectivity index (χ1v) is 12.4. The maximum atomic E-state index is 10.6. The summed E-state index contributed by atoms with van der Waals surface area (Å²) in [6.45, 7) is -0.146. The Labute approximate surface area is 221 Å². The van der Waals surface area contributed by atoms with Crippen molar-refractivity contribution in [2.45, 2.75) is 49.8 Å². The van der Waals surface area contributed by atoms with E-state index in [1.165, 1.54) is 7.11 Å². The summed E-state index contributed by atoms with van der Waals surface area (Å²) < 4.78 is 33.0. The zero-order valence-corrected chi connectivity index (χ0v) is 21.6. The third-order valence-electron chi connectivity index (χ3n) is 7.19. The Kier molecular flexibility index (Phi) is 9.32. The molecular formula is C27H36O11. The van der Waals surface area contributed by atoms with Crippen LogP contribution in [0.5, 0.6) is 23.0 Å². The Morgan fingerprint density at radius 3 is 2.00 bits per heavy atom. The SMILES string of the molecule is COc1ccc(CC2COC(O)C2Cc2ccc(OC3OC(CO)C(O)C(O)C3O)c(OC)c2)cc1OC. The largest absolute Gasteiger partial charge is 0.493 e. The van der Waals surface area contributed by atoms with Gasteiger partial charge in [0.1, 0.15) is 24.4 Å². The molecule has 0 aromatic heterocycles. The van der Waals surface area contributed by atoms with E-state index in [0.29, 0.717) is 36.7 Å². The van der Waals surface area contributed by atoms with Crippen LogP contribution in [0.2, 0.25) is 0 Å². The van der Waals surface area contributed by atoms with Crippen LogP contribution in [-0.2, 0) is 22.3 Å². The van der Waals surface area contributed by atoms with Crippen LogP contribution < -0.4 is 18.9 Å². The maximum absolute atomic E-state index is 10.6. The Balaban J connectivity index is 1.46. The van der Waals surface area contributed by atoms with Crippen molar-refractivity contribution >= 4 is 0 Å². The van der Waals surface area contributed by atoms with Crippen molar-refractivity contribution in [3.05, 3.63) is 47.5 Å². The molecule has 11 heteroatoms. The fourth-order valence-electron chi connectivity index (χ4n) is 4.99. The molecule has 0 radical (unpaired) electrons. The summed E-state index contributed by atoms with van der Waals surface area (Å²) in [5.41, 5.74) is 1.91. The maximum Gasteiger partial charge on any atom is 0.229 e. The summed E-state index contributed by atoms with van der Waals surface area (Å²) in [5.74, 6) is 1.76. The fraction of sp³-hybridized carbons (Fsp3) is 0.556. The first kappa shape index (κ1) is 28.4. The van der Waals surface area contributed by atoms with Gasteiger partial charge in [0.15, 0.2) is 29.3 Å². The van der Waals surface area contributed by atoms with Crippen LogP contribution in [0.15, 0.2) is 36.4 Å². The second-order valence-electron chi connectivity index (χ2n) is 9.55. The van der Waals surface area contributed by atoms with E-state index < -0.39 is 43.6 Å². The zero-order chi connectivity index (χ0) is 27.4. The van der Waals surface area contributed by atoms with Crippen molar-refractivity contribution in [1.29, 1.82) is 0 Å². The Bertz CT molecular complexity index is 1060. The van der Waals surface area contributed by atoms with Crippen molar-refractivity contribution in [3.63, 3.8) is 0 Å². The number of methoxy groups -OCH3 is 3. The van der Waals surface area contributed by atoms with E-state index in [0.717, 1.165) is 11.1 Å². The predicted molar refractivity (Wildman–Crippen MR) is 133 cm³/mol. The van der Waals surface area contributed by atoms with Gasteiger partial charge in [-0.3, -0.25) is 0 Å². The quantitative estimate of drug-likeness (QED) is 0.284. The number of aliphatic hydroxyl groups is 5. The molecule has 2 aromatic carbocycles. The number of aliphatic hydroxyl groups excluding tert-OH is 5. The molecule has 11 nitrogen and oxygen atoms in total. The van der Waals surface area contributed by atoms with Gasteiger partial charge in [-0.25, -0.2) is 0 Å². The number of hydrogen-bond donors (Lipinski definition) is 5. The smallest absolute Gasteiger partial charge is 0.229 e. The summed E-state index contributed by atoms with van der Waals surface area (Å²) in [5, 5.41) is 50.3. The molecule has 4 rings (SSSR count). The first-order valence-electron chi connectivity index (χ1n) is 12.4. The van der Waals surface area contributed by atoms with Crippen LogP contribution in [0.3, 0.4) is 0 Å². The molecule has 0 aliphatic carbocycles. The predicted octanol–water partition coefficient (Wildman–Crippen LogP) is 0.257. The van der Waals surface area contributed by atoms with Crippen LogP contribution >= 0.6 is 0 Å². The molecule has 2 heterocycles. The number of ether oxygens (including phenoxy) is 6. The lowest BCUT2D eigenvalue weighted by molar-refractivity contribution is -0.277. The molecular weight excluding hydrogens is 500 g/mol. The topological polar surface area (TPSA) is 157 Å². The summed E-state index contributed by atoms with van der Waals surface area (Å²) in [6, 6.07) is 11.0. The molecule has 2 saturated heterocycles. The van der Waals surface area contributed by atoms with Gasteiger partial charge in [0, 0.05) is 5.92 Å². The number of benzene rings is 2. The van der Waals surface area contributed by atoms with Crippen LogP contribution in [0.1, 0.15) is 11.1 Å². The minimum atomic E-state index is -1.55. The first-order chi connectivity index (χ1) is 18.3. The van der Waals surface area contributed by atoms with E-state index in [1.807, 2.05) is 18.2 Å². The van der Waals surface area contributed by atoms with Crippen LogP contribution in [0.4, 0.5) is 0 Å². The van der Waals surface area contributed by atoms with Gasteiger partial charge in [0.25, 0.3) is 0 Å².